The summed E-state index contributed by atoms with van der Waals surface area (Å²) in [6.07, 6.45) is 1.76. The first-order valence-electron chi connectivity index (χ1n) is 12.3. The first-order valence-corrected chi connectivity index (χ1v) is 14.5. The zero-order valence-electron chi connectivity index (χ0n) is 21.4. The first kappa shape index (κ1) is 26.2. The van der Waals surface area contributed by atoms with Gasteiger partial charge in [-0.1, -0.05) is 88.8 Å². The van der Waals surface area contributed by atoms with Gasteiger partial charge in [0.05, 0.1) is 17.3 Å². The molecule has 1 aliphatic heterocycles. The Morgan fingerprint density at radius 1 is 1.02 bits per heavy atom. The Balaban J connectivity index is 1.44. The molecule has 8 nitrogen and oxygen atoms in total. The van der Waals surface area contributed by atoms with Crippen LogP contribution in [0.5, 0.6) is 0 Å². The normalized spacial score (nSPS) is 16.8. The number of pyridine rings is 1. The number of carbonyl (C=O) groups excluding carboxylic acids is 2. The van der Waals surface area contributed by atoms with E-state index < -0.39 is 17.7 Å². The van der Waals surface area contributed by atoms with Crippen LogP contribution in [0.15, 0.2) is 82.8 Å². The molecular weight excluding hydrogens is 566 g/mol. The number of halogens is 1. The van der Waals surface area contributed by atoms with E-state index in [1.165, 1.54) is 28.0 Å². The maximum atomic E-state index is 13.6. The molecule has 3 aromatic heterocycles. The first-order chi connectivity index (χ1) is 19.3. The maximum Gasteiger partial charge on any atom is 0.301 e. The third kappa shape index (κ3) is 4.57. The van der Waals surface area contributed by atoms with E-state index in [0.717, 1.165) is 11.1 Å². The SMILES string of the molecule is Cc1ccc(C2C(=C(O)c3c(C)nc4ccccn34)C(=O)C(=O)N2c2nnc(SCc3ccccc3Cl)s2)cc1. The number of fused-ring (bicyclic) bond motifs is 1. The van der Waals surface area contributed by atoms with Crippen molar-refractivity contribution < 1.29 is 14.7 Å². The molecule has 1 aliphatic rings. The third-order valence-corrected chi connectivity index (χ3v) is 9.15. The largest absolute Gasteiger partial charge is 0.505 e. The summed E-state index contributed by atoms with van der Waals surface area (Å²) in [6.45, 7) is 3.71. The van der Waals surface area contributed by atoms with Gasteiger partial charge in [-0.2, -0.15) is 0 Å². The molecule has 1 fully saturated rings. The number of nitrogens with zero attached hydrogens (tertiary/aromatic N) is 5. The zero-order chi connectivity index (χ0) is 28.0. The van der Waals surface area contributed by atoms with Crippen LogP contribution in [0.2, 0.25) is 5.02 Å². The fourth-order valence-corrected chi connectivity index (χ4v) is 6.89. The second-order valence-electron chi connectivity index (χ2n) is 9.29. The van der Waals surface area contributed by atoms with Gasteiger partial charge >= 0.3 is 5.91 Å². The fourth-order valence-electron chi connectivity index (χ4n) is 4.73. The van der Waals surface area contributed by atoms with Gasteiger partial charge in [0.25, 0.3) is 5.78 Å². The summed E-state index contributed by atoms with van der Waals surface area (Å²) in [7, 11) is 0. The van der Waals surface area contributed by atoms with Crippen LogP contribution in [0.1, 0.15) is 34.1 Å². The van der Waals surface area contributed by atoms with Gasteiger partial charge in [-0.05, 0) is 43.2 Å². The highest BCUT2D eigenvalue weighted by atomic mass is 35.5. The van der Waals surface area contributed by atoms with Gasteiger partial charge in [-0.25, -0.2) is 4.98 Å². The number of thioether (sulfide) groups is 1. The molecule has 1 saturated heterocycles. The molecule has 4 heterocycles. The molecule has 11 heteroatoms. The molecule has 0 spiro atoms. The Morgan fingerprint density at radius 3 is 2.55 bits per heavy atom. The topological polar surface area (TPSA) is 101 Å². The van der Waals surface area contributed by atoms with Crippen LogP contribution in [0.3, 0.4) is 0 Å². The van der Waals surface area contributed by atoms with E-state index in [1.807, 2.05) is 73.7 Å². The minimum atomic E-state index is -0.899. The van der Waals surface area contributed by atoms with Crippen molar-refractivity contribution >= 4 is 62.9 Å². The van der Waals surface area contributed by atoms with E-state index in [9.17, 15) is 14.7 Å². The zero-order valence-corrected chi connectivity index (χ0v) is 23.8. The lowest BCUT2D eigenvalue weighted by atomic mass is 9.96. The third-order valence-electron chi connectivity index (χ3n) is 6.68. The van der Waals surface area contributed by atoms with E-state index in [1.54, 1.807) is 17.5 Å². The lowest BCUT2D eigenvalue weighted by Gasteiger charge is -2.22. The minimum absolute atomic E-state index is 0.0249. The highest BCUT2D eigenvalue weighted by Gasteiger charge is 2.48. The average Bonchev–Trinajstić information content (AvgIpc) is 3.62. The van der Waals surface area contributed by atoms with Crippen LogP contribution in [0.4, 0.5) is 5.13 Å². The van der Waals surface area contributed by atoms with Gasteiger partial charge in [0.2, 0.25) is 5.13 Å². The summed E-state index contributed by atoms with van der Waals surface area (Å²) in [6, 6.07) is 19.6. The van der Waals surface area contributed by atoms with E-state index in [-0.39, 0.29) is 16.5 Å². The molecular formula is C29H22ClN5O3S2. The molecule has 0 aliphatic carbocycles. The standard InChI is InChI=1S/C29H22ClN5O3S2/c1-16-10-12-18(13-11-16)24-22(25(36)23-17(2)31-21-9-5-6-14-34(21)23)26(37)27(38)35(24)28-32-33-29(40-28)39-15-19-7-3-4-8-20(19)30/h3-14,24,36H,15H2,1-2H3. The highest BCUT2D eigenvalue weighted by molar-refractivity contribution is 8.00. The summed E-state index contributed by atoms with van der Waals surface area (Å²) in [5.74, 6) is -1.30. The van der Waals surface area contributed by atoms with Crippen LogP contribution >= 0.6 is 34.7 Å². The molecule has 1 amide bonds. The van der Waals surface area contributed by atoms with Gasteiger partial charge < -0.3 is 5.11 Å². The van der Waals surface area contributed by atoms with Crippen molar-refractivity contribution in [3.63, 3.8) is 0 Å². The number of Topliss-reactive ketones (excluding diaryl/α,β-unsaturated/α-hetero) is 1. The minimum Gasteiger partial charge on any atom is -0.505 e. The van der Waals surface area contributed by atoms with Crippen molar-refractivity contribution in [2.45, 2.75) is 30.0 Å². The van der Waals surface area contributed by atoms with Crippen LogP contribution in [-0.2, 0) is 15.3 Å². The van der Waals surface area contributed by atoms with Gasteiger partial charge in [-0.15, -0.1) is 10.2 Å². The Kier molecular flexibility index (Phi) is 6.91. The Morgan fingerprint density at radius 2 is 1.77 bits per heavy atom. The number of benzene rings is 2. The number of anilines is 1. The molecule has 1 atom stereocenters. The predicted molar refractivity (Wildman–Crippen MR) is 157 cm³/mol. The maximum absolute atomic E-state index is 13.6. The molecule has 5 aromatic rings. The molecule has 0 bridgehead atoms. The summed E-state index contributed by atoms with van der Waals surface area (Å²) >= 11 is 8.95. The quantitative estimate of drug-likeness (QED) is 0.0809. The van der Waals surface area contributed by atoms with E-state index in [0.29, 0.717) is 37.7 Å². The Labute approximate surface area is 243 Å². The number of rotatable bonds is 6. The van der Waals surface area contributed by atoms with Crippen molar-refractivity contribution in [2.24, 2.45) is 0 Å². The average molecular weight is 588 g/mol. The van der Waals surface area contributed by atoms with E-state index in [4.69, 9.17) is 11.6 Å². The molecule has 0 radical (unpaired) electrons. The number of ketones is 1. The number of carbonyl (C=O) groups is 2. The van der Waals surface area contributed by atoms with Crippen molar-refractivity contribution in [1.29, 1.82) is 0 Å². The van der Waals surface area contributed by atoms with Gasteiger partial charge in [0, 0.05) is 17.0 Å². The van der Waals surface area contributed by atoms with Crippen molar-refractivity contribution in [3.05, 3.63) is 112 Å². The summed E-state index contributed by atoms with van der Waals surface area (Å²) in [5, 5.41) is 21.1. The van der Waals surface area contributed by atoms with Crippen LogP contribution < -0.4 is 4.90 Å². The number of aliphatic hydroxyl groups excluding tert-OH is 1. The molecule has 40 heavy (non-hydrogen) atoms. The number of aryl methyl sites for hydroxylation is 2. The van der Waals surface area contributed by atoms with E-state index >= 15 is 0 Å². The van der Waals surface area contributed by atoms with Crippen molar-refractivity contribution in [2.75, 3.05) is 4.90 Å². The summed E-state index contributed by atoms with van der Waals surface area (Å²) in [5.41, 5.74) is 4.13. The van der Waals surface area contributed by atoms with E-state index in [2.05, 4.69) is 15.2 Å². The molecule has 0 saturated carbocycles. The monoisotopic (exact) mass is 587 g/mol. The van der Waals surface area contributed by atoms with Gasteiger partial charge in [-0.3, -0.25) is 18.9 Å². The predicted octanol–water partition coefficient (Wildman–Crippen LogP) is 6.37. The smallest absolute Gasteiger partial charge is 0.301 e. The van der Waals surface area contributed by atoms with Gasteiger partial charge in [0.1, 0.15) is 11.3 Å². The number of hydrogen-bond donors (Lipinski definition) is 1. The lowest BCUT2D eigenvalue weighted by Crippen LogP contribution is -2.29. The Hall–Kier alpha value is -3.99. The lowest BCUT2D eigenvalue weighted by molar-refractivity contribution is -0.132. The second kappa shape index (κ2) is 10.5. The van der Waals surface area contributed by atoms with Crippen molar-refractivity contribution in [1.82, 2.24) is 19.6 Å². The number of imidazole rings is 1. The number of amides is 1. The van der Waals surface area contributed by atoms with Crippen molar-refractivity contribution in [3.8, 4) is 0 Å². The van der Waals surface area contributed by atoms with Gasteiger partial charge in [0.15, 0.2) is 10.1 Å². The fraction of sp³-hybridized carbons (Fsp3) is 0.138. The molecule has 2 aromatic carbocycles. The summed E-state index contributed by atoms with van der Waals surface area (Å²) < 4.78 is 2.33. The number of aliphatic hydroxyl groups is 1. The summed E-state index contributed by atoms with van der Waals surface area (Å²) in [4.78, 5) is 33.0. The van der Waals surface area contributed by atoms with Crippen LogP contribution in [0, 0.1) is 13.8 Å². The molecule has 1 N–H and O–H groups in total. The number of hydrogen-bond acceptors (Lipinski definition) is 8. The highest BCUT2D eigenvalue weighted by Crippen LogP contribution is 2.44. The molecule has 6 rings (SSSR count). The molecule has 1 unspecified atom stereocenters. The molecule has 200 valence electrons. The van der Waals surface area contributed by atoms with Crippen LogP contribution in [0.25, 0.3) is 11.4 Å². The second-order valence-corrected chi connectivity index (χ2v) is 11.9. The van der Waals surface area contributed by atoms with Crippen LogP contribution in [-0.4, -0.2) is 36.4 Å². The number of aromatic nitrogens is 4. The Bertz CT molecular complexity index is 1810.